The standard InChI is InChI=1S/C22H19ClN2O4/c1-13-9-16(12-24-17-6-4-5-15(10-17)22(28)29-3)14(2)25(13)18-7-8-20(23)19(11-18)21(26)27/h4-12H,1-3H3,(H,26,27). The summed E-state index contributed by atoms with van der Waals surface area (Å²) in [6.07, 6.45) is 1.71. The number of aromatic nitrogens is 1. The summed E-state index contributed by atoms with van der Waals surface area (Å²) < 4.78 is 6.67. The summed E-state index contributed by atoms with van der Waals surface area (Å²) in [7, 11) is 1.33. The number of carboxylic acid groups (broad SMARTS) is 1. The smallest absolute Gasteiger partial charge is 0.337 e. The van der Waals surface area contributed by atoms with E-state index >= 15 is 0 Å². The Morgan fingerprint density at radius 3 is 2.59 bits per heavy atom. The number of carboxylic acids is 1. The molecule has 1 heterocycles. The molecule has 3 rings (SSSR count). The van der Waals surface area contributed by atoms with Gasteiger partial charge < -0.3 is 14.4 Å². The first kappa shape index (κ1) is 20.4. The molecule has 0 saturated heterocycles. The first-order chi connectivity index (χ1) is 13.8. The summed E-state index contributed by atoms with van der Waals surface area (Å²) in [5, 5.41) is 9.51. The average molecular weight is 411 g/mol. The van der Waals surface area contributed by atoms with E-state index in [1.54, 1.807) is 48.7 Å². The molecular formula is C22H19ClN2O4. The number of carbonyl (C=O) groups excluding carboxylic acids is 1. The Labute approximate surface area is 173 Å². The van der Waals surface area contributed by atoms with Crippen LogP contribution in [0.4, 0.5) is 5.69 Å². The Hall–Kier alpha value is -3.38. The van der Waals surface area contributed by atoms with Gasteiger partial charge in [0.25, 0.3) is 0 Å². The van der Waals surface area contributed by atoms with E-state index in [4.69, 9.17) is 16.3 Å². The maximum Gasteiger partial charge on any atom is 0.337 e. The van der Waals surface area contributed by atoms with Gasteiger partial charge in [0, 0.05) is 28.9 Å². The molecule has 29 heavy (non-hydrogen) atoms. The highest BCUT2D eigenvalue weighted by Gasteiger charge is 2.14. The molecule has 1 aromatic heterocycles. The van der Waals surface area contributed by atoms with Gasteiger partial charge in [-0.1, -0.05) is 17.7 Å². The van der Waals surface area contributed by atoms with Crippen molar-refractivity contribution in [3.63, 3.8) is 0 Å². The normalized spacial score (nSPS) is 11.0. The van der Waals surface area contributed by atoms with Crippen LogP contribution in [0.2, 0.25) is 5.02 Å². The predicted molar refractivity (Wildman–Crippen MR) is 112 cm³/mol. The van der Waals surface area contributed by atoms with Crippen LogP contribution in [-0.2, 0) is 4.74 Å². The number of benzene rings is 2. The van der Waals surface area contributed by atoms with Crippen LogP contribution in [0.25, 0.3) is 5.69 Å². The maximum atomic E-state index is 11.7. The monoisotopic (exact) mass is 410 g/mol. The van der Waals surface area contributed by atoms with Crippen molar-refractivity contribution >= 4 is 35.4 Å². The third kappa shape index (κ3) is 4.22. The number of carbonyl (C=O) groups is 2. The van der Waals surface area contributed by atoms with Crippen molar-refractivity contribution in [2.24, 2.45) is 4.99 Å². The molecule has 7 heteroatoms. The molecule has 0 atom stereocenters. The number of aryl methyl sites for hydroxylation is 1. The number of ether oxygens (including phenoxy) is 1. The molecule has 0 unspecified atom stereocenters. The van der Waals surface area contributed by atoms with Crippen molar-refractivity contribution in [1.82, 2.24) is 4.57 Å². The van der Waals surface area contributed by atoms with Gasteiger partial charge in [0.05, 0.1) is 28.9 Å². The number of hydrogen-bond donors (Lipinski definition) is 1. The van der Waals surface area contributed by atoms with Gasteiger partial charge in [0.2, 0.25) is 0 Å². The topological polar surface area (TPSA) is 80.9 Å². The van der Waals surface area contributed by atoms with Crippen LogP contribution in [0.3, 0.4) is 0 Å². The van der Waals surface area contributed by atoms with Crippen LogP contribution in [0.5, 0.6) is 0 Å². The van der Waals surface area contributed by atoms with E-state index in [1.165, 1.54) is 7.11 Å². The number of nitrogens with zero attached hydrogens (tertiary/aromatic N) is 2. The molecule has 2 aromatic carbocycles. The first-order valence-corrected chi connectivity index (χ1v) is 9.14. The van der Waals surface area contributed by atoms with Crippen LogP contribution in [-0.4, -0.2) is 34.9 Å². The van der Waals surface area contributed by atoms with Gasteiger partial charge in [-0.05, 0) is 56.3 Å². The second-order valence-electron chi connectivity index (χ2n) is 6.43. The summed E-state index contributed by atoms with van der Waals surface area (Å²) in [5.74, 6) is -1.50. The maximum absolute atomic E-state index is 11.7. The van der Waals surface area contributed by atoms with E-state index in [1.807, 2.05) is 24.5 Å². The fraction of sp³-hybridized carbons (Fsp3) is 0.136. The van der Waals surface area contributed by atoms with Crippen molar-refractivity contribution in [1.29, 1.82) is 0 Å². The van der Waals surface area contributed by atoms with Gasteiger partial charge >= 0.3 is 11.9 Å². The number of rotatable bonds is 5. The van der Waals surface area contributed by atoms with Crippen LogP contribution >= 0.6 is 11.6 Å². The van der Waals surface area contributed by atoms with Crippen molar-refractivity contribution in [3.05, 3.63) is 81.6 Å². The highest BCUT2D eigenvalue weighted by Crippen LogP contribution is 2.25. The van der Waals surface area contributed by atoms with Gasteiger partial charge in [-0.3, -0.25) is 4.99 Å². The second kappa shape index (κ2) is 8.32. The van der Waals surface area contributed by atoms with Crippen LogP contribution in [0.15, 0.2) is 53.5 Å². The van der Waals surface area contributed by atoms with E-state index in [-0.39, 0.29) is 10.6 Å². The molecule has 6 nitrogen and oxygen atoms in total. The van der Waals surface area contributed by atoms with Crippen molar-refractivity contribution in [2.75, 3.05) is 7.11 Å². The van der Waals surface area contributed by atoms with E-state index in [0.29, 0.717) is 16.9 Å². The van der Waals surface area contributed by atoms with Crippen LogP contribution < -0.4 is 0 Å². The predicted octanol–water partition coefficient (Wildman–Crippen LogP) is 4.98. The van der Waals surface area contributed by atoms with Crippen molar-refractivity contribution in [3.8, 4) is 5.69 Å². The second-order valence-corrected chi connectivity index (χ2v) is 6.84. The fourth-order valence-corrected chi connectivity index (χ4v) is 3.31. The first-order valence-electron chi connectivity index (χ1n) is 8.76. The molecule has 0 fully saturated rings. The molecule has 3 aromatic rings. The SMILES string of the molecule is COC(=O)c1cccc(N=Cc2cc(C)n(-c3ccc(Cl)c(C(=O)O)c3)c2C)c1. The zero-order valence-electron chi connectivity index (χ0n) is 16.1. The number of esters is 1. The summed E-state index contributed by atoms with van der Waals surface area (Å²) in [6, 6.07) is 13.7. The number of methoxy groups -OCH3 is 1. The zero-order chi connectivity index (χ0) is 21.1. The minimum Gasteiger partial charge on any atom is -0.478 e. The molecule has 148 valence electrons. The van der Waals surface area contributed by atoms with Gasteiger partial charge in [0.15, 0.2) is 0 Å². The lowest BCUT2D eigenvalue weighted by molar-refractivity contribution is 0.0600. The number of aromatic carboxylic acids is 1. The van der Waals surface area contributed by atoms with Gasteiger partial charge in [-0.2, -0.15) is 0 Å². The molecule has 0 bridgehead atoms. The Bertz CT molecular complexity index is 1130. The number of halogens is 1. The highest BCUT2D eigenvalue weighted by molar-refractivity contribution is 6.33. The summed E-state index contributed by atoms with van der Waals surface area (Å²) in [6.45, 7) is 3.85. The molecule has 0 amide bonds. The molecular weight excluding hydrogens is 392 g/mol. The molecule has 0 radical (unpaired) electrons. The largest absolute Gasteiger partial charge is 0.478 e. The van der Waals surface area contributed by atoms with E-state index in [0.717, 1.165) is 17.0 Å². The Morgan fingerprint density at radius 2 is 1.90 bits per heavy atom. The summed E-state index contributed by atoms with van der Waals surface area (Å²) in [4.78, 5) is 27.5. The number of hydrogen-bond acceptors (Lipinski definition) is 4. The lowest BCUT2D eigenvalue weighted by atomic mass is 10.2. The third-order valence-corrected chi connectivity index (χ3v) is 4.86. The van der Waals surface area contributed by atoms with Gasteiger partial charge in [0.1, 0.15) is 0 Å². The Morgan fingerprint density at radius 1 is 1.14 bits per heavy atom. The fourth-order valence-electron chi connectivity index (χ4n) is 3.11. The van der Waals surface area contributed by atoms with E-state index in [9.17, 15) is 14.7 Å². The minimum atomic E-state index is -1.08. The van der Waals surface area contributed by atoms with Gasteiger partial charge in [-0.15, -0.1) is 0 Å². The van der Waals surface area contributed by atoms with Gasteiger partial charge in [-0.25, -0.2) is 9.59 Å². The third-order valence-electron chi connectivity index (χ3n) is 4.53. The lowest BCUT2D eigenvalue weighted by Crippen LogP contribution is -2.03. The summed E-state index contributed by atoms with van der Waals surface area (Å²) in [5.41, 5.74) is 4.49. The molecule has 0 spiro atoms. The van der Waals surface area contributed by atoms with E-state index < -0.39 is 11.9 Å². The van der Waals surface area contributed by atoms with E-state index in [2.05, 4.69) is 4.99 Å². The molecule has 0 aliphatic heterocycles. The average Bonchev–Trinajstić information content (AvgIpc) is 2.99. The Balaban J connectivity index is 1.97. The van der Waals surface area contributed by atoms with Crippen molar-refractivity contribution < 1.29 is 19.4 Å². The lowest BCUT2D eigenvalue weighted by Gasteiger charge is -2.11. The minimum absolute atomic E-state index is 0.0477. The zero-order valence-corrected chi connectivity index (χ0v) is 16.9. The number of aliphatic imine (C=N–C) groups is 1. The molecule has 0 saturated carbocycles. The Kier molecular flexibility index (Phi) is 5.84. The highest BCUT2D eigenvalue weighted by atomic mass is 35.5. The summed E-state index contributed by atoms with van der Waals surface area (Å²) >= 11 is 5.98. The van der Waals surface area contributed by atoms with Crippen LogP contribution in [0, 0.1) is 13.8 Å². The quantitative estimate of drug-likeness (QED) is 0.475. The molecule has 1 N–H and O–H groups in total. The van der Waals surface area contributed by atoms with Crippen LogP contribution in [0.1, 0.15) is 37.7 Å². The molecule has 0 aliphatic carbocycles. The van der Waals surface area contributed by atoms with Crippen molar-refractivity contribution in [2.45, 2.75) is 13.8 Å². The molecule has 0 aliphatic rings.